The predicted molar refractivity (Wildman–Crippen MR) is 83.4 cm³/mol. The van der Waals surface area contributed by atoms with Crippen LogP contribution in [0, 0.1) is 0 Å². The van der Waals surface area contributed by atoms with Gasteiger partial charge in [-0.2, -0.15) is 0 Å². The van der Waals surface area contributed by atoms with Gasteiger partial charge in [0.1, 0.15) is 28.9 Å². The molecular formula is C17H16O7. The molecule has 0 unspecified atom stereocenters. The van der Waals surface area contributed by atoms with Gasteiger partial charge in [-0.05, 0) is 23.1 Å². The van der Waals surface area contributed by atoms with E-state index in [1.165, 1.54) is 20.3 Å². The average Bonchev–Trinajstić information content (AvgIpc) is 2.53. The summed E-state index contributed by atoms with van der Waals surface area (Å²) < 4.78 is 14.9. The number of carbonyl (C=O) groups excluding carboxylic acids is 2. The third-order valence-corrected chi connectivity index (χ3v) is 4.03. The van der Waals surface area contributed by atoms with Crippen molar-refractivity contribution in [1.82, 2.24) is 0 Å². The molecule has 1 aliphatic rings. The molecular weight excluding hydrogens is 316 g/mol. The molecule has 2 aromatic rings. The Kier molecular flexibility index (Phi) is 3.92. The van der Waals surface area contributed by atoms with Crippen LogP contribution in [0.1, 0.15) is 22.3 Å². The van der Waals surface area contributed by atoms with Crippen molar-refractivity contribution in [3.63, 3.8) is 0 Å². The van der Waals surface area contributed by atoms with Crippen molar-refractivity contribution in [3.05, 3.63) is 29.3 Å². The summed E-state index contributed by atoms with van der Waals surface area (Å²) in [5.41, 5.74) is 0.543. The van der Waals surface area contributed by atoms with E-state index in [9.17, 15) is 19.8 Å². The molecule has 7 nitrogen and oxygen atoms in total. The van der Waals surface area contributed by atoms with Gasteiger partial charge in [-0.25, -0.2) is 4.79 Å². The van der Waals surface area contributed by atoms with E-state index in [4.69, 9.17) is 9.47 Å². The van der Waals surface area contributed by atoms with Crippen LogP contribution in [0.2, 0.25) is 0 Å². The molecule has 0 aromatic heterocycles. The number of carbonyl (C=O) groups is 2. The molecule has 1 heterocycles. The highest BCUT2D eigenvalue weighted by Crippen LogP contribution is 2.42. The van der Waals surface area contributed by atoms with Crippen LogP contribution in [0.5, 0.6) is 17.2 Å². The van der Waals surface area contributed by atoms with Crippen LogP contribution in [0.25, 0.3) is 10.8 Å². The van der Waals surface area contributed by atoms with Gasteiger partial charge in [0.2, 0.25) is 0 Å². The first-order valence-corrected chi connectivity index (χ1v) is 7.28. The Labute approximate surface area is 137 Å². The van der Waals surface area contributed by atoms with Crippen LogP contribution in [-0.4, -0.2) is 42.5 Å². The lowest BCUT2D eigenvalue weighted by Crippen LogP contribution is -2.30. The summed E-state index contributed by atoms with van der Waals surface area (Å²) >= 11 is 0. The molecule has 3 rings (SSSR count). The second-order valence-electron chi connectivity index (χ2n) is 5.52. The van der Waals surface area contributed by atoms with Gasteiger partial charge in [0.05, 0.1) is 26.0 Å². The van der Waals surface area contributed by atoms with E-state index in [0.29, 0.717) is 16.7 Å². The summed E-state index contributed by atoms with van der Waals surface area (Å²) in [7, 11) is 2.72. The fraction of sp³-hybridized carbons (Fsp3) is 0.294. The molecule has 0 spiro atoms. The maximum atomic E-state index is 12.2. The number of phenolic OH excluding ortho intramolecular Hbond substituents is 2. The topological polar surface area (TPSA) is 102 Å². The molecule has 0 saturated heterocycles. The highest BCUT2D eigenvalue weighted by Gasteiger charge is 2.32. The molecule has 0 fully saturated rings. The van der Waals surface area contributed by atoms with Crippen molar-refractivity contribution >= 4 is 22.7 Å². The van der Waals surface area contributed by atoms with Crippen molar-refractivity contribution in [2.24, 2.45) is 0 Å². The number of rotatable bonds is 3. The standard InChI is InChI=1S/C17H16O7/c1-22-10-4-8-3-9-5-11(7-13(19)23-2)24-17(21)15(9)16(20)14(8)12(18)6-10/h3-4,6,11,18,20H,5,7H2,1-2H3/t11-/m0/s1. The Morgan fingerprint density at radius 1 is 1.29 bits per heavy atom. The summed E-state index contributed by atoms with van der Waals surface area (Å²) in [5, 5.41) is 21.2. The maximum Gasteiger partial charge on any atom is 0.342 e. The molecule has 2 N–H and O–H groups in total. The fourth-order valence-corrected chi connectivity index (χ4v) is 2.92. The van der Waals surface area contributed by atoms with Crippen LogP contribution in [0.3, 0.4) is 0 Å². The number of fused-ring (bicyclic) bond motifs is 2. The third-order valence-electron chi connectivity index (χ3n) is 4.03. The first-order valence-electron chi connectivity index (χ1n) is 7.28. The van der Waals surface area contributed by atoms with Gasteiger partial charge in [-0.3, -0.25) is 4.79 Å². The monoisotopic (exact) mass is 332 g/mol. The van der Waals surface area contributed by atoms with E-state index in [2.05, 4.69) is 4.74 Å². The van der Waals surface area contributed by atoms with E-state index in [1.54, 1.807) is 12.1 Å². The van der Waals surface area contributed by atoms with Crippen molar-refractivity contribution in [2.45, 2.75) is 18.9 Å². The molecule has 0 bridgehead atoms. The smallest absolute Gasteiger partial charge is 0.342 e. The normalized spacial score (nSPS) is 16.4. The molecule has 2 aromatic carbocycles. The average molecular weight is 332 g/mol. The Morgan fingerprint density at radius 3 is 2.71 bits per heavy atom. The number of phenols is 2. The molecule has 0 saturated carbocycles. The molecule has 0 amide bonds. The second kappa shape index (κ2) is 5.92. The number of benzene rings is 2. The molecule has 0 aliphatic carbocycles. The number of aromatic hydroxyl groups is 2. The van der Waals surface area contributed by atoms with Crippen LogP contribution in [0.4, 0.5) is 0 Å². The summed E-state index contributed by atoms with van der Waals surface area (Å²) in [6.07, 6.45) is -0.463. The number of methoxy groups -OCH3 is 2. The van der Waals surface area contributed by atoms with E-state index in [1.807, 2.05) is 0 Å². The first kappa shape index (κ1) is 15.9. The Morgan fingerprint density at radius 2 is 2.04 bits per heavy atom. The summed E-state index contributed by atoms with van der Waals surface area (Å²) in [4.78, 5) is 23.6. The summed E-state index contributed by atoms with van der Waals surface area (Å²) in [6.45, 7) is 0. The van der Waals surface area contributed by atoms with Gasteiger partial charge in [-0.1, -0.05) is 0 Å². The van der Waals surface area contributed by atoms with Crippen LogP contribution >= 0.6 is 0 Å². The van der Waals surface area contributed by atoms with Gasteiger partial charge in [0, 0.05) is 12.5 Å². The number of hydrogen-bond donors (Lipinski definition) is 2. The second-order valence-corrected chi connectivity index (χ2v) is 5.52. The predicted octanol–water partition coefficient (Wildman–Crippen LogP) is 1.90. The highest BCUT2D eigenvalue weighted by atomic mass is 16.6. The minimum absolute atomic E-state index is 0.00378. The third kappa shape index (κ3) is 2.58. The van der Waals surface area contributed by atoms with E-state index in [-0.39, 0.29) is 35.3 Å². The number of esters is 2. The first-order chi connectivity index (χ1) is 11.4. The summed E-state index contributed by atoms with van der Waals surface area (Å²) in [5.74, 6) is -1.34. The lowest BCUT2D eigenvalue weighted by molar-refractivity contribution is -0.142. The Balaban J connectivity index is 2.11. The van der Waals surface area contributed by atoms with Gasteiger partial charge >= 0.3 is 11.9 Å². The molecule has 24 heavy (non-hydrogen) atoms. The molecule has 1 atom stereocenters. The zero-order valence-electron chi connectivity index (χ0n) is 13.2. The lowest BCUT2D eigenvalue weighted by atomic mass is 9.92. The Bertz CT molecular complexity index is 841. The van der Waals surface area contributed by atoms with Crippen molar-refractivity contribution in [2.75, 3.05) is 14.2 Å². The van der Waals surface area contributed by atoms with Crippen molar-refractivity contribution in [3.8, 4) is 17.2 Å². The van der Waals surface area contributed by atoms with Crippen molar-refractivity contribution in [1.29, 1.82) is 0 Å². The molecule has 1 aliphatic heterocycles. The molecule has 126 valence electrons. The Hall–Kier alpha value is -2.96. The van der Waals surface area contributed by atoms with Crippen LogP contribution < -0.4 is 4.74 Å². The van der Waals surface area contributed by atoms with Crippen LogP contribution in [-0.2, 0) is 20.7 Å². The number of ether oxygens (including phenoxy) is 3. The maximum absolute atomic E-state index is 12.2. The van der Waals surface area contributed by atoms with Gasteiger partial charge in [0.25, 0.3) is 0 Å². The largest absolute Gasteiger partial charge is 0.507 e. The minimum Gasteiger partial charge on any atom is -0.507 e. The van der Waals surface area contributed by atoms with E-state index < -0.39 is 18.0 Å². The lowest BCUT2D eigenvalue weighted by Gasteiger charge is -2.25. The van der Waals surface area contributed by atoms with Gasteiger partial charge < -0.3 is 24.4 Å². The number of cyclic esters (lactones) is 1. The summed E-state index contributed by atoms with van der Waals surface area (Å²) in [6, 6.07) is 4.67. The van der Waals surface area contributed by atoms with E-state index in [0.717, 1.165) is 0 Å². The van der Waals surface area contributed by atoms with Gasteiger partial charge in [-0.15, -0.1) is 0 Å². The van der Waals surface area contributed by atoms with Gasteiger partial charge in [0.15, 0.2) is 0 Å². The van der Waals surface area contributed by atoms with Crippen molar-refractivity contribution < 1.29 is 34.0 Å². The zero-order valence-corrected chi connectivity index (χ0v) is 13.2. The number of hydrogen-bond acceptors (Lipinski definition) is 7. The zero-order chi connectivity index (χ0) is 17.4. The molecule has 0 radical (unpaired) electrons. The fourth-order valence-electron chi connectivity index (χ4n) is 2.92. The highest BCUT2D eigenvalue weighted by molar-refractivity contribution is 6.06. The quantitative estimate of drug-likeness (QED) is 0.828. The van der Waals surface area contributed by atoms with E-state index >= 15 is 0 Å². The SMILES string of the molecule is COC(=O)C[C@@H]1Cc2cc3cc(OC)cc(O)c3c(O)c2C(=O)O1. The van der Waals surface area contributed by atoms with Crippen LogP contribution in [0.15, 0.2) is 18.2 Å². The minimum atomic E-state index is -0.736. The molecule has 7 heteroatoms.